The number of benzene rings is 2. The second-order valence-electron chi connectivity index (χ2n) is 4.29. The third-order valence-electron chi connectivity index (χ3n) is 3.04. The largest absolute Gasteiger partial charge is 0.496 e. The van der Waals surface area contributed by atoms with Crippen LogP contribution in [0.1, 0.15) is 0 Å². The van der Waals surface area contributed by atoms with Crippen molar-refractivity contribution in [1.82, 2.24) is 9.97 Å². The molecule has 0 unspecified atom stereocenters. The van der Waals surface area contributed by atoms with E-state index in [1.807, 2.05) is 30.3 Å². The van der Waals surface area contributed by atoms with Crippen molar-refractivity contribution in [2.45, 2.75) is 0 Å². The summed E-state index contributed by atoms with van der Waals surface area (Å²) in [5.74, 6) is 1.65. The zero-order chi connectivity index (χ0) is 14.1. The van der Waals surface area contributed by atoms with Crippen molar-refractivity contribution in [3.63, 3.8) is 0 Å². The molecule has 0 aliphatic heterocycles. The Hall–Kier alpha value is -2.33. The van der Waals surface area contributed by atoms with Crippen LogP contribution in [0, 0.1) is 0 Å². The van der Waals surface area contributed by atoms with Crippen LogP contribution in [-0.2, 0) is 0 Å². The summed E-state index contributed by atoms with van der Waals surface area (Å²) < 4.78 is 5.33. The minimum Gasteiger partial charge on any atom is -0.496 e. The molecule has 3 aromatic rings. The van der Waals surface area contributed by atoms with Crippen LogP contribution in [0.25, 0.3) is 22.3 Å². The van der Waals surface area contributed by atoms with Crippen molar-refractivity contribution in [1.29, 1.82) is 0 Å². The number of para-hydroxylation sites is 1. The summed E-state index contributed by atoms with van der Waals surface area (Å²) in [4.78, 5) is 8.87. The molecule has 100 valence electrons. The first-order chi connectivity index (χ1) is 9.69. The molecular formula is C15H12ClN3O. The first-order valence-corrected chi connectivity index (χ1v) is 6.43. The highest BCUT2D eigenvalue weighted by Gasteiger charge is 2.11. The highest BCUT2D eigenvalue weighted by molar-refractivity contribution is 6.31. The molecule has 0 bridgehead atoms. The molecule has 2 N–H and O–H groups in total. The molecule has 0 aliphatic rings. The maximum Gasteiger partial charge on any atom is 0.165 e. The van der Waals surface area contributed by atoms with Gasteiger partial charge < -0.3 is 10.5 Å². The van der Waals surface area contributed by atoms with E-state index in [-0.39, 0.29) is 0 Å². The van der Waals surface area contributed by atoms with Crippen LogP contribution in [0.15, 0.2) is 42.5 Å². The molecule has 1 heterocycles. The predicted molar refractivity (Wildman–Crippen MR) is 80.9 cm³/mol. The lowest BCUT2D eigenvalue weighted by atomic mass is 10.1. The number of anilines is 1. The number of rotatable bonds is 2. The number of methoxy groups -OCH3 is 1. The molecule has 0 fully saturated rings. The molecule has 0 aliphatic carbocycles. The molecule has 5 heteroatoms. The maximum atomic E-state index is 6.00. The zero-order valence-electron chi connectivity index (χ0n) is 10.8. The van der Waals surface area contributed by atoms with Gasteiger partial charge in [-0.15, -0.1) is 0 Å². The van der Waals surface area contributed by atoms with Crippen molar-refractivity contribution in [2.24, 2.45) is 0 Å². The average Bonchev–Trinajstić information content (AvgIpc) is 2.46. The smallest absolute Gasteiger partial charge is 0.165 e. The molecule has 3 rings (SSSR count). The number of aromatic nitrogens is 2. The van der Waals surface area contributed by atoms with Gasteiger partial charge >= 0.3 is 0 Å². The first kappa shape index (κ1) is 12.7. The number of halogens is 1. The zero-order valence-corrected chi connectivity index (χ0v) is 11.6. The average molecular weight is 286 g/mol. The second kappa shape index (κ2) is 4.98. The molecule has 0 atom stereocenters. The summed E-state index contributed by atoms with van der Waals surface area (Å²) >= 11 is 6.00. The lowest BCUT2D eigenvalue weighted by Gasteiger charge is -2.09. The van der Waals surface area contributed by atoms with Crippen LogP contribution >= 0.6 is 11.6 Å². The number of nitrogen functional groups attached to an aromatic ring is 1. The standard InChI is InChI=1S/C15H12ClN3O/c1-20-13-5-3-2-4-11(13)15-18-12-8-9(16)6-7-10(12)14(17)19-15/h2-8H,1H3,(H2,17,18,19). The van der Waals surface area contributed by atoms with Gasteiger partial charge in [0.05, 0.1) is 18.2 Å². The van der Waals surface area contributed by atoms with Gasteiger partial charge in [-0.3, -0.25) is 0 Å². The van der Waals surface area contributed by atoms with Crippen molar-refractivity contribution < 1.29 is 4.74 Å². The van der Waals surface area contributed by atoms with E-state index in [1.54, 1.807) is 19.2 Å². The minimum absolute atomic E-state index is 0.424. The van der Waals surface area contributed by atoms with Gasteiger partial charge in [-0.05, 0) is 30.3 Å². The number of hydrogen-bond donors (Lipinski definition) is 1. The van der Waals surface area contributed by atoms with Crippen LogP contribution in [0.4, 0.5) is 5.82 Å². The molecule has 0 amide bonds. The Labute approximate surface area is 121 Å². The van der Waals surface area contributed by atoms with E-state index >= 15 is 0 Å². The van der Waals surface area contributed by atoms with Gasteiger partial charge in [-0.1, -0.05) is 23.7 Å². The molecular weight excluding hydrogens is 274 g/mol. The molecule has 0 saturated carbocycles. The summed E-state index contributed by atoms with van der Waals surface area (Å²) in [5.41, 5.74) is 7.51. The summed E-state index contributed by atoms with van der Waals surface area (Å²) in [5, 5.41) is 1.40. The monoisotopic (exact) mass is 285 g/mol. The van der Waals surface area contributed by atoms with Gasteiger partial charge in [-0.2, -0.15) is 0 Å². The van der Waals surface area contributed by atoms with E-state index in [9.17, 15) is 0 Å². The third kappa shape index (κ3) is 2.14. The minimum atomic E-state index is 0.424. The van der Waals surface area contributed by atoms with Crippen LogP contribution < -0.4 is 10.5 Å². The van der Waals surface area contributed by atoms with Gasteiger partial charge in [0.2, 0.25) is 0 Å². The van der Waals surface area contributed by atoms with E-state index in [0.29, 0.717) is 27.9 Å². The van der Waals surface area contributed by atoms with E-state index in [1.165, 1.54) is 0 Å². The highest BCUT2D eigenvalue weighted by atomic mass is 35.5. The van der Waals surface area contributed by atoms with Crippen LogP contribution in [0.2, 0.25) is 5.02 Å². The topological polar surface area (TPSA) is 61.0 Å². The molecule has 0 saturated heterocycles. The third-order valence-corrected chi connectivity index (χ3v) is 3.27. The fourth-order valence-electron chi connectivity index (χ4n) is 2.08. The Morgan fingerprint density at radius 3 is 2.70 bits per heavy atom. The summed E-state index contributed by atoms with van der Waals surface area (Å²) in [6, 6.07) is 12.9. The van der Waals surface area contributed by atoms with Gasteiger partial charge in [0.25, 0.3) is 0 Å². The van der Waals surface area contributed by atoms with Gasteiger partial charge in [0, 0.05) is 10.4 Å². The fourth-order valence-corrected chi connectivity index (χ4v) is 2.24. The normalized spacial score (nSPS) is 10.7. The SMILES string of the molecule is COc1ccccc1-c1nc(N)c2ccc(Cl)cc2n1. The highest BCUT2D eigenvalue weighted by Crippen LogP contribution is 2.30. The lowest BCUT2D eigenvalue weighted by Crippen LogP contribution is -1.99. The van der Waals surface area contributed by atoms with E-state index in [2.05, 4.69) is 9.97 Å². The maximum absolute atomic E-state index is 6.00. The molecule has 4 nitrogen and oxygen atoms in total. The Morgan fingerprint density at radius 2 is 1.90 bits per heavy atom. The van der Waals surface area contributed by atoms with E-state index < -0.39 is 0 Å². The molecule has 1 aromatic heterocycles. The van der Waals surface area contributed by atoms with Crippen LogP contribution in [0.3, 0.4) is 0 Å². The second-order valence-corrected chi connectivity index (χ2v) is 4.73. The molecule has 0 radical (unpaired) electrons. The van der Waals surface area contributed by atoms with E-state index in [4.69, 9.17) is 22.1 Å². The summed E-state index contributed by atoms with van der Waals surface area (Å²) in [6.45, 7) is 0. The molecule has 20 heavy (non-hydrogen) atoms. The van der Waals surface area contributed by atoms with Crippen LogP contribution in [-0.4, -0.2) is 17.1 Å². The number of hydrogen-bond acceptors (Lipinski definition) is 4. The number of ether oxygens (including phenoxy) is 1. The van der Waals surface area contributed by atoms with Gasteiger partial charge in [0.1, 0.15) is 11.6 Å². The first-order valence-electron chi connectivity index (χ1n) is 6.05. The Balaban J connectivity index is 2.26. The lowest BCUT2D eigenvalue weighted by molar-refractivity contribution is 0.416. The van der Waals surface area contributed by atoms with Gasteiger partial charge in [0.15, 0.2) is 5.82 Å². The quantitative estimate of drug-likeness (QED) is 0.782. The van der Waals surface area contributed by atoms with Crippen molar-refractivity contribution in [3.8, 4) is 17.1 Å². The Morgan fingerprint density at radius 1 is 1.10 bits per heavy atom. The van der Waals surface area contributed by atoms with Crippen molar-refractivity contribution in [2.75, 3.05) is 12.8 Å². The van der Waals surface area contributed by atoms with Crippen LogP contribution in [0.5, 0.6) is 5.75 Å². The number of nitrogens with zero attached hydrogens (tertiary/aromatic N) is 2. The number of fused-ring (bicyclic) bond motifs is 1. The fraction of sp³-hybridized carbons (Fsp3) is 0.0667. The molecule has 0 spiro atoms. The number of nitrogens with two attached hydrogens (primary N) is 1. The predicted octanol–water partition coefficient (Wildman–Crippen LogP) is 3.54. The Bertz CT molecular complexity index is 789. The Kier molecular flexibility index (Phi) is 3.16. The molecule has 2 aromatic carbocycles. The van der Waals surface area contributed by atoms with E-state index in [0.717, 1.165) is 10.9 Å². The summed E-state index contributed by atoms with van der Waals surface area (Å²) in [7, 11) is 1.61. The van der Waals surface area contributed by atoms with Crippen molar-refractivity contribution in [3.05, 3.63) is 47.5 Å². The summed E-state index contributed by atoms with van der Waals surface area (Å²) in [6.07, 6.45) is 0. The van der Waals surface area contributed by atoms with Gasteiger partial charge in [-0.25, -0.2) is 9.97 Å². The van der Waals surface area contributed by atoms with Crippen molar-refractivity contribution >= 4 is 28.3 Å².